The normalized spacial score (nSPS) is 17.1. The summed E-state index contributed by atoms with van der Waals surface area (Å²) in [5.74, 6) is 0.0812. The maximum Gasteiger partial charge on any atom is 0.245 e. The first-order valence-electron chi connectivity index (χ1n) is 5.55. The third kappa shape index (κ3) is 2.80. The second kappa shape index (κ2) is 5.32. The van der Waals surface area contributed by atoms with Crippen molar-refractivity contribution in [1.29, 1.82) is 0 Å². The quantitative estimate of drug-likeness (QED) is 0.813. The lowest BCUT2D eigenvalue weighted by atomic mass is 10.4. The molecule has 7 nitrogen and oxygen atoms in total. The van der Waals surface area contributed by atoms with Crippen LogP contribution in [-0.2, 0) is 14.8 Å². The largest absolute Gasteiger partial charge is 0.372 e. The van der Waals surface area contributed by atoms with Crippen molar-refractivity contribution in [1.82, 2.24) is 14.6 Å². The van der Waals surface area contributed by atoms with Crippen LogP contribution >= 0.6 is 11.6 Å². The molecule has 1 aromatic rings. The molecule has 1 aromatic heterocycles. The van der Waals surface area contributed by atoms with E-state index in [-0.39, 0.29) is 28.9 Å². The molecule has 2 heterocycles. The molecule has 1 amide bonds. The summed E-state index contributed by atoms with van der Waals surface area (Å²) in [7, 11) is -2.11. The first-order valence-corrected chi connectivity index (χ1v) is 7.37. The van der Waals surface area contributed by atoms with Crippen molar-refractivity contribution in [3.63, 3.8) is 0 Å². The van der Waals surface area contributed by atoms with E-state index in [1.165, 1.54) is 12.3 Å². The molecule has 0 aliphatic carbocycles. The molecule has 1 aliphatic rings. The van der Waals surface area contributed by atoms with Crippen LogP contribution in [0.2, 0.25) is 5.02 Å². The number of halogens is 1. The summed E-state index contributed by atoms with van der Waals surface area (Å²) in [6, 6.07) is 1.32. The van der Waals surface area contributed by atoms with Gasteiger partial charge < -0.3 is 10.6 Å². The lowest BCUT2D eigenvalue weighted by Gasteiger charge is -2.25. The van der Waals surface area contributed by atoms with Crippen molar-refractivity contribution in [2.75, 3.05) is 32.0 Å². The van der Waals surface area contributed by atoms with Crippen molar-refractivity contribution < 1.29 is 13.2 Å². The lowest BCUT2D eigenvalue weighted by Crippen LogP contribution is -2.49. The standard InChI is InChI=1S/C10H13ClN4O3S/c1-12-10-8(11)4-7(5-14-10)19(17,18)15-3-2-13-9(16)6-15/h4-5H,2-3,6H2,1H3,(H,12,14)(H,13,16). The number of amides is 1. The van der Waals surface area contributed by atoms with E-state index in [2.05, 4.69) is 15.6 Å². The van der Waals surface area contributed by atoms with Gasteiger partial charge in [-0.2, -0.15) is 4.31 Å². The van der Waals surface area contributed by atoms with E-state index < -0.39 is 10.0 Å². The van der Waals surface area contributed by atoms with Gasteiger partial charge in [-0.05, 0) is 6.07 Å². The maximum atomic E-state index is 12.3. The van der Waals surface area contributed by atoms with E-state index in [0.717, 1.165) is 4.31 Å². The highest BCUT2D eigenvalue weighted by Crippen LogP contribution is 2.24. The van der Waals surface area contributed by atoms with Crippen molar-refractivity contribution in [2.24, 2.45) is 0 Å². The summed E-state index contributed by atoms with van der Waals surface area (Å²) in [5, 5.41) is 5.53. The van der Waals surface area contributed by atoms with Gasteiger partial charge in [0.1, 0.15) is 10.7 Å². The van der Waals surface area contributed by atoms with Crippen molar-refractivity contribution in [3.05, 3.63) is 17.3 Å². The second-order valence-corrected chi connectivity index (χ2v) is 6.29. The molecule has 1 fully saturated rings. The Hall–Kier alpha value is -1.38. The Morgan fingerprint density at radius 3 is 2.84 bits per heavy atom. The molecule has 2 N–H and O–H groups in total. The fraction of sp³-hybridized carbons (Fsp3) is 0.400. The molecule has 2 rings (SSSR count). The van der Waals surface area contributed by atoms with Crippen molar-refractivity contribution >= 4 is 33.3 Å². The van der Waals surface area contributed by atoms with E-state index in [9.17, 15) is 13.2 Å². The predicted molar refractivity (Wildman–Crippen MR) is 70.6 cm³/mol. The maximum absolute atomic E-state index is 12.3. The highest BCUT2D eigenvalue weighted by Gasteiger charge is 2.29. The van der Waals surface area contributed by atoms with Crippen LogP contribution in [0.1, 0.15) is 0 Å². The summed E-state index contributed by atoms with van der Waals surface area (Å²) < 4.78 is 25.7. The number of hydrogen-bond acceptors (Lipinski definition) is 5. The number of aromatic nitrogens is 1. The van der Waals surface area contributed by atoms with Crippen LogP contribution in [0.3, 0.4) is 0 Å². The van der Waals surface area contributed by atoms with Gasteiger partial charge >= 0.3 is 0 Å². The van der Waals surface area contributed by atoms with Gasteiger partial charge in [0.05, 0.1) is 11.6 Å². The first kappa shape index (κ1) is 14.0. The molecule has 0 spiro atoms. The molecule has 0 unspecified atom stereocenters. The molecule has 9 heteroatoms. The van der Waals surface area contributed by atoms with Gasteiger partial charge in [0.25, 0.3) is 0 Å². The minimum absolute atomic E-state index is 0.0220. The van der Waals surface area contributed by atoms with E-state index in [1.54, 1.807) is 7.05 Å². The number of carbonyl (C=O) groups is 1. The average molecular weight is 305 g/mol. The lowest BCUT2D eigenvalue weighted by molar-refractivity contribution is -0.122. The summed E-state index contributed by atoms with van der Waals surface area (Å²) in [5.41, 5.74) is 0. The van der Waals surface area contributed by atoms with Gasteiger partial charge in [-0.25, -0.2) is 13.4 Å². The molecule has 1 saturated heterocycles. The molecule has 0 aromatic carbocycles. The van der Waals surface area contributed by atoms with Gasteiger partial charge in [-0.3, -0.25) is 4.79 Å². The van der Waals surface area contributed by atoms with Gasteiger partial charge in [-0.15, -0.1) is 0 Å². The van der Waals surface area contributed by atoms with Gasteiger partial charge in [0.15, 0.2) is 0 Å². The van der Waals surface area contributed by atoms with Crippen LogP contribution in [0, 0.1) is 0 Å². The molecule has 1 aliphatic heterocycles. The number of sulfonamides is 1. The number of nitrogens with zero attached hydrogens (tertiary/aromatic N) is 2. The predicted octanol–water partition coefficient (Wildman–Crippen LogP) is -0.103. The Morgan fingerprint density at radius 2 is 2.26 bits per heavy atom. The van der Waals surface area contributed by atoms with Crippen LogP contribution < -0.4 is 10.6 Å². The fourth-order valence-corrected chi connectivity index (χ4v) is 3.41. The summed E-state index contributed by atoms with van der Waals surface area (Å²) >= 11 is 5.92. The van der Waals surface area contributed by atoms with Crippen molar-refractivity contribution in [2.45, 2.75) is 4.90 Å². The monoisotopic (exact) mass is 304 g/mol. The highest BCUT2D eigenvalue weighted by atomic mass is 35.5. The minimum atomic E-state index is -3.74. The van der Waals surface area contributed by atoms with Crippen LogP contribution in [0.4, 0.5) is 5.82 Å². The SMILES string of the molecule is CNc1ncc(S(=O)(=O)N2CCNC(=O)C2)cc1Cl. The van der Waals surface area contributed by atoms with E-state index in [0.29, 0.717) is 12.4 Å². The van der Waals surface area contributed by atoms with E-state index in [4.69, 9.17) is 11.6 Å². The fourth-order valence-electron chi connectivity index (χ4n) is 1.71. The minimum Gasteiger partial charge on any atom is -0.372 e. The summed E-state index contributed by atoms with van der Waals surface area (Å²) in [4.78, 5) is 15.2. The smallest absolute Gasteiger partial charge is 0.245 e. The molecule has 0 radical (unpaired) electrons. The van der Waals surface area contributed by atoms with Crippen LogP contribution in [0.5, 0.6) is 0 Å². The molecule has 19 heavy (non-hydrogen) atoms. The highest BCUT2D eigenvalue weighted by molar-refractivity contribution is 7.89. The van der Waals surface area contributed by atoms with Gasteiger partial charge in [0.2, 0.25) is 15.9 Å². The Balaban J connectivity index is 2.33. The first-order chi connectivity index (χ1) is 8.95. The summed E-state index contributed by atoms with van der Waals surface area (Å²) in [6.07, 6.45) is 1.22. The Bertz CT molecular complexity index is 605. The number of carbonyl (C=O) groups excluding carboxylic acids is 1. The zero-order chi connectivity index (χ0) is 14.0. The zero-order valence-electron chi connectivity index (χ0n) is 10.2. The van der Waals surface area contributed by atoms with E-state index >= 15 is 0 Å². The number of pyridine rings is 1. The second-order valence-electron chi connectivity index (χ2n) is 3.94. The Morgan fingerprint density at radius 1 is 1.53 bits per heavy atom. The Kier molecular flexibility index (Phi) is 3.93. The number of nitrogens with one attached hydrogen (secondary N) is 2. The average Bonchev–Trinajstić information content (AvgIpc) is 2.38. The molecule has 0 bridgehead atoms. The molecular formula is C10H13ClN4O3S. The number of hydrogen-bond donors (Lipinski definition) is 2. The van der Waals surface area contributed by atoms with Crippen LogP contribution in [0.15, 0.2) is 17.2 Å². The van der Waals surface area contributed by atoms with E-state index in [1.807, 2.05) is 0 Å². The molecular weight excluding hydrogens is 292 g/mol. The number of piperazine rings is 1. The molecule has 0 saturated carbocycles. The molecule has 104 valence electrons. The number of anilines is 1. The van der Waals surface area contributed by atoms with Crippen LogP contribution in [0.25, 0.3) is 0 Å². The van der Waals surface area contributed by atoms with Crippen molar-refractivity contribution in [3.8, 4) is 0 Å². The third-order valence-corrected chi connectivity index (χ3v) is 4.79. The number of rotatable bonds is 3. The third-order valence-electron chi connectivity index (χ3n) is 2.69. The van der Waals surface area contributed by atoms with Gasteiger partial charge in [-0.1, -0.05) is 11.6 Å². The zero-order valence-corrected chi connectivity index (χ0v) is 11.8. The molecule has 0 atom stereocenters. The summed E-state index contributed by atoms with van der Waals surface area (Å²) in [6.45, 7) is 0.348. The Labute approximate surface area is 116 Å². The topological polar surface area (TPSA) is 91.4 Å². The van der Waals surface area contributed by atoms with Crippen LogP contribution in [-0.4, -0.2) is 50.3 Å². The van der Waals surface area contributed by atoms with Gasteiger partial charge in [0, 0.05) is 26.3 Å².